The zero-order chi connectivity index (χ0) is 18.6. The highest BCUT2D eigenvalue weighted by molar-refractivity contribution is 6.20. The number of Topliss-reactive ketones (excluding diaryl/α,β-unsaturated/α-hetero) is 1. The fourth-order valence-corrected chi connectivity index (χ4v) is 3.83. The van der Waals surface area contributed by atoms with Gasteiger partial charge in [0.25, 0.3) is 5.91 Å². The van der Waals surface area contributed by atoms with Gasteiger partial charge in [-0.05, 0) is 24.1 Å². The molecule has 2 aliphatic heterocycles. The van der Waals surface area contributed by atoms with Gasteiger partial charge in [-0.2, -0.15) is 0 Å². The van der Waals surface area contributed by atoms with Gasteiger partial charge in [0.1, 0.15) is 0 Å². The fourth-order valence-electron chi connectivity index (χ4n) is 3.83. The van der Waals surface area contributed by atoms with Gasteiger partial charge in [0, 0.05) is 18.8 Å². The predicted molar refractivity (Wildman–Crippen MR) is 104 cm³/mol. The molecule has 2 heterocycles. The Bertz CT molecular complexity index is 809. The van der Waals surface area contributed by atoms with Crippen LogP contribution in [0.2, 0.25) is 0 Å². The summed E-state index contributed by atoms with van der Waals surface area (Å²) in [6.45, 7) is 1.50. The van der Waals surface area contributed by atoms with E-state index < -0.39 is 0 Å². The number of hydrogen-bond acceptors (Lipinski definition) is 4. The molecule has 0 spiro atoms. The second kappa shape index (κ2) is 7.76. The Morgan fingerprint density at radius 1 is 1.00 bits per heavy atom. The van der Waals surface area contributed by atoms with Crippen LogP contribution in [0.1, 0.15) is 23.6 Å². The molecular formula is C22H23N3O2. The Hall–Kier alpha value is -2.92. The highest BCUT2D eigenvalue weighted by atomic mass is 16.2. The molecule has 0 saturated carbocycles. The van der Waals surface area contributed by atoms with E-state index in [2.05, 4.69) is 16.0 Å². The summed E-state index contributed by atoms with van der Waals surface area (Å²) >= 11 is 0. The molecule has 1 fully saturated rings. The third kappa shape index (κ3) is 3.64. The van der Waals surface area contributed by atoms with Crippen molar-refractivity contribution in [2.75, 3.05) is 13.1 Å². The van der Waals surface area contributed by atoms with Crippen LogP contribution in [0.25, 0.3) is 0 Å². The number of amides is 1. The zero-order valence-corrected chi connectivity index (χ0v) is 15.0. The lowest BCUT2D eigenvalue weighted by atomic mass is 9.83. The van der Waals surface area contributed by atoms with E-state index in [4.69, 9.17) is 0 Å². The number of carbonyl (C=O) groups excluding carboxylic acids is 2. The number of ketones is 1. The lowest BCUT2D eigenvalue weighted by Gasteiger charge is -2.35. The van der Waals surface area contributed by atoms with Crippen molar-refractivity contribution in [3.63, 3.8) is 0 Å². The highest BCUT2D eigenvalue weighted by Crippen LogP contribution is 2.25. The van der Waals surface area contributed by atoms with Crippen LogP contribution in [0.15, 0.2) is 72.4 Å². The summed E-state index contributed by atoms with van der Waals surface area (Å²) in [7, 11) is 0. The lowest BCUT2D eigenvalue weighted by Crippen LogP contribution is -2.53. The number of nitrogens with one attached hydrogen (secondary N) is 3. The first-order valence-electron chi connectivity index (χ1n) is 9.36. The van der Waals surface area contributed by atoms with Crippen molar-refractivity contribution in [1.82, 2.24) is 16.0 Å². The molecule has 2 aliphatic rings. The largest absolute Gasteiger partial charge is 0.387 e. The lowest BCUT2D eigenvalue weighted by molar-refractivity contribution is -0.126. The van der Waals surface area contributed by atoms with Crippen LogP contribution in [-0.2, 0) is 9.59 Å². The fraction of sp³-hybridized carbons (Fsp3) is 0.273. The molecular weight excluding hydrogens is 338 g/mol. The van der Waals surface area contributed by atoms with Crippen LogP contribution < -0.4 is 16.0 Å². The average Bonchev–Trinajstić information content (AvgIpc) is 2.73. The van der Waals surface area contributed by atoms with Crippen molar-refractivity contribution in [3.05, 3.63) is 83.6 Å². The number of piperidine rings is 1. The van der Waals surface area contributed by atoms with Gasteiger partial charge in [0.2, 0.25) is 0 Å². The summed E-state index contributed by atoms with van der Waals surface area (Å²) in [4.78, 5) is 25.8. The minimum absolute atomic E-state index is 0.0803. The third-order valence-electron chi connectivity index (χ3n) is 5.31. The molecule has 2 unspecified atom stereocenters. The van der Waals surface area contributed by atoms with Crippen molar-refractivity contribution in [2.24, 2.45) is 5.92 Å². The third-order valence-corrected chi connectivity index (χ3v) is 5.31. The van der Waals surface area contributed by atoms with Gasteiger partial charge in [-0.15, -0.1) is 0 Å². The van der Waals surface area contributed by atoms with E-state index >= 15 is 0 Å². The van der Waals surface area contributed by atoms with E-state index in [-0.39, 0.29) is 35.3 Å². The topological polar surface area (TPSA) is 70.2 Å². The van der Waals surface area contributed by atoms with E-state index in [9.17, 15) is 9.59 Å². The second-order valence-electron chi connectivity index (χ2n) is 7.02. The van der Waals surface area contributed by atoms with E-state index in [0.29, 0.717) is 6.54 Å². The van der Waals surface area contributed by atoms with Crippen LogP contribution in [0.5, 0.6) is 0 Å². The van der Waals surface area contributed by atoms with E-state index in [1.54, 1.807) is 6.20 Å². The minimum atomic E-state index is -0.339. The Morgan fingerprint density at radius 2 is 1.63 bits per heavy atom. The second-order valence-corrected chi connectivity index (χ2v) is 7.02. The molecule has 27 heavy (non-hydrogen) atoms. The van der Waals surface area contributed by atoms with Crippen LogP contribution in [0, 0.1) is 5.92 Å². The molecule has 2 aromatic rings. The Kier molecular flexibility index (Phi) is 5.03. The van der Waals surface area contributed by atoms with Crippen molar-refractivity contribution < 1.29 is 9.59 Å². The normalized spacial score (nSPS) is 21.8. The van der Waals surface area contributed by atoms with Crippen molar-refractivity contribution >= 4 is 11.7 Å². The monoisotopic (exact) mass is 361 g/mol. The zero-order valence-electron chi connectivity index (χ0n) is 15.0. The molecule has 1 amide bonds. The van der Waals surface area contributed by atoms with Crippen LogP contribution in [-0.4, -0.2) is 30.8 Å². The predicted octanol–water partition coefficient (Wildman–Crippen LogP) is 1.93. The molecule has 4 rings (SSSR count). The molecule has 0 aromatic heterocycles. The molecule has 1 saturated heterocycles. The quantitative estimate of drug-likeness (QED) is 0.728. The summed E-state index contributed by atoms with van der Waals surface area (Å²) in [6, 6.07) is 19.4. The molecule has 0 aliphatic carbocycles. The van der Waals surface area contributed by atoms with Gasteiger partial charge in [0.15, 0.2) is 5.78 Å². The van der Waals surface area contributed by atoms with Gasteiger partial charge in [0.05, 0.1) is 17.5 Å². The highest BCUT2D eigenvalue weighted by Gasteiger charge is 2.38. The summed E-state index contributed by atoms with van der Waals surface area (Å²) in [5.41, 5.74) is 2.16. The smallest absolute Gasteiger partial charge is 0.257 e. The van der Waals surface area contributed by atoms with Gasteiger partial charge in [-0.25, -0.2) is 0 Å². The standard InChI is InChI=1S/C22H23N3O2/c26-21-17-13-23-12-11-19(17)24-14-18(21)22(27)25-20(15-7-3-1-4-8-15)16-9-5-2-6-10-16/h1-10,14,17,19-20,23-24H,11-13H2,(H,25,27). The number of rotatable bonds is 4. The number of carbonyl (C=O) groups is 2. The number of benzene rings is 2. The van der Waals surface area contributed by atoms with Gasteiger partial charge >= 0.3 is 0 Å². The average molecular weight is 361 g/mol. The number of hydrogen-bond donors (Lipinski definition) is 3. The molecule has 2 atom stereocenters. The van der Waals surface area contributed by atoms with Crippen molar-refractivity contribution in [3.8, 4) is 0 Å². The Morgan fingerprint density at radius 3 is 2.26 bits per heavy atom. The summed E-state index contributed by atoms with van der Waals surface area (Å²) in [5, 5.41) is 9.55. The SMILES string of the molecule is O=C(NC(c1ccccc1)c1ccccc1)C1=CNC2CCNCC2C1=O. The van der Waals surface area contributed by atoms with E-state index in [1.807, 2.05) is 60.7 Å². The molecule has 3 N–H and O–H groups in total. The molecule has 2 aromatic carbocycles. The summed E-state index contributed by atoms with van der Waals surface area (Å²) in [5.74, 6) is -0.603. The van der Waals surface area contributed by atoms with Crippen molar-refractivity contribution in [2.45, 2.75) is 18.5 Å². The maximum Gasteiger partial charge on any atom is 0.257 e. The maximum atomic E-state index is 13.0. The first-order valence-corrected chi connectivity index (χ1v) is 9.36. The van der Waals surface area contributed by atoms with Gasteiger partial charge < -0.3 is 16.0 Å². The summed E-state index contributed by atoms with van der Waals surface area (Å²) < 4.78 is 0. The molecule has 138 valence electrons. The number of fused-ring (bicyclic) bond motifs is 1. The first-order chi connectivity index (χ1) is 13.2. The van der Waals surface area contributed by atoms with Crippen LogP contribution in [0.3, 0.4) is 0 Å². The molecule has 5 nitrogen and oxygen atoms in total. The molecule has 0 bridgehead atoms. The van der Waals surface area contributed by atoms with Crippen LogP contribution in [0.4, 0.5) is 0 Å². The maximum absolute atomic E-state index is 13.0. The molecule has 5 heteroatoms. The first kappa shape index (κ1) is 17.5. The minimum Gasteiger partial charge on any atom is -0.387 e. The van der Waals surface area contributed by atoms with Gasteiger partial charge in [-0.3, -0.25) is 9.59 Å². The van der Waals surface area contributed by atoms with Crippen molar-refractivity contribution in [1.29, 1.82) is 0 Å². The molecule has 0 radical (unpaired) electrons. The summed E-state index contributed by atoms with van der Waals surface area (Å²) in [6.07, 6.45) is 2.48. The van der Waals surface area contributed by atoms with Crippen LogP contribution >= 0.6 is 0 Å². The Labute approximate surface area is 158 Å². The van der Waals surface area contributed by atoms with Gasteiger partial charge in [-0.1, -0.05) is 60.7 Å². The van der Waals surface area contributed by atoms with E-state index in [1.165, 1.54) is 0 Å². The Balaban J connectivity index is 1.59. The van der Waals surface area contributed by atoms with E-state index in [0.717, 1.165) is 24.1 Å².